The summed E-state index contributed by atoms with van der Waals surface area (Å²) in [7, 11) is 0. The molecular weight excluding hydrogens is 460 g/mol. The van der Waals surface area contributed by atoms with E-state index in [-0.39, 0.29) is 29.0 Å². The van der Waals surface area contributed by atoms with E-state index in [1.807, 2.05) is 36.4 Å². The topological polar surface area (TPSA) is 93.1 Å². The van der Waals surface area contributed by atoms with E-state index in [4.69, 9.17) is 4.98 Å². The quantitative estimate of drug-likeness (QED) is 0.277. The van der Waals surface area contributed by atoms with Gasteiger partial charge in [-0.2, -0.15) is 0 Å². The molecule has 0 aliphatic rings. The largest absolute Gasteiger partial charge is 0.326 e. The van der Waals surface area contributed by atoms with Gasteiger partial charge in [0, 0.05) is 18.3 Å². The van der Waals surface area contributed by atoms with Gasteiger partial charge in [-0.15, -0.1) is 0 Å². The molecule has 0 aliphatic heterocycles. The van der Waals surface area contributed by atoms with Crippen LogP contribution in [0.1, 0.15) is 32.3 Å². The molecule has 8 heteroatoms. The fraction of sp³-hybridized carbons (Fsp3) is 0.185. The van der Waals surface area contributed by atoms with E-state index in [9.17, 15) is 14.4 Å². The number of anilines is 2. The fourth-order valence-electron chi connectivity index (χ4n) is 3.81. The zero-order chi connectivity index (χ0) is 24.9. The van der Waals surface area contributed by atoms with Crippen LogP contribution in [0.5, 0.6) is 0 Å². The minimum Gasteiger partial charge on any atom is -0.326 e. The van der Waals surface area contributed by atoms with Crippen LogP contribution in [0.25, 0.3) is 16.6 Å². The van der Waals surface area contributed by atoms with Crippen molar-refractivity contribution in [3.05, 3.63) is 88.7 Å². The number of fused-ring (bicyclic) bond motifs is 1. The van der Waals surface area contributed by atoms with Gasteiger partial charge in [0.2, 0.25) is 11.8 Å². The van der Waals surface area contributed by atoms with E-state index in [1.165, 1.54) is 18.7 Å². The summed E-state index contributed by atoms with van der Waals surface area (Å²) in [4.78, 5) is 42.4. The lowest BCUT2D eigenvalue weighted by atomic mass is 10.0. The lowest BCUT2D eigenvalue weighted by Gasteiger charge is -2.18. The Hall–Kier alpha value is -3.91. The summed E-state index contributed by atoms with van der Waals surface area (Å²) in [5.41, 5.74) is 3.36. The summed E-state index contributed by atoms with van der Waals surface area (Å²) < 4.78 is 1.60. The molecule has 0 spiro atoms. The highest BCUT2D eigenvalue weighted by atomic mass is 32.2. The van der Waals surface area contributed by atoms with Crippen LogP contribution in [0.4, 0.5) is 11.4 Å². The van der Waals surface area contributed by atoms with Gasteiger partial charge in [0.15, 0.2) is 5.16 Å². The molecule has 0 atom stereocenters. The monoisotopic (exact) mass is 486 g/mol. The number of carbonyl (C=O) groups excluding carboxylic acids is 2. The Labute approximate surface area is 207 Å². The molecule has 2 N–H and O–H groups in total. The number of carbonyl (C=O) groups is 2. The maximum absolute atomic E-state index is 13.6. The number of para-hydroxylation sites is 2. The lowest BCUT2D eigenvalue weighted by molar-refractivity contribution is -0.114. The van der Waals surface area contributed by atoms with Gasteiger partial charge in [-0.3, -0.25) is 19.0 Å². The van der Waals surface area contributed by atoms with Crippen LogP contribution in [-0.4, -0.2) is 27.1 Å². The van der Waals surface area contributed by atoms with Crippen LogP contribution in [0.2, 0.25) is 0 Å². The van der Waals surface area contributed by atoms with Gasteiger partial charge in [0.1, 0.15) is 0 Å². The van der Waals surface area contributed by atoms with E-state index in [1.54, 1.807) is 41.0 Å². The second kappa shape index (κ2) is 10.6. The zero-order valence-electron chi connectivity index (χ0n) is 19.7. The predicted molar refractivity (Wildman–Crippen MR) is 142 cm³/mol. The Balaban J connectivity index is 1.66. The molecule has 1 aromatic heterocycles. The molecule has 1 heterocycles. The van der Waals surface area contributed by atoms with Crippen LogP contribution in [0.15, 0.2) is 82.7 Å². The molecule has 4 aromatic rings. The standard InChI is InChI=1S/C27H26N4O3S/c1-17(2)21-11-5-7-14-24(21)31-26(34)22-12-4-6-13-23(22)30-27(31)35-16-25(33)29-20-10-8-9-19(15-20)28-18(3)32/h4-15,17H,16H2,1-3H3,(H,28,32)(H,29,33). The Morgan fingerprint density at radius 3 is 2.37 bits per heavy atom. The zero-order valence-corrected chi connectivity index (χ0v) is 20.6. The summed E-state index contributed by atoms with van der Waals surface area (Å²) >= 11 is 1.20. The lowest BCUT2D eigenvalue weighted by Crippen LogP contribution is -2.24. The normalized spacial score (nSPS) is 11.0. The molecule has 0 saturated heterocycles. The number of rotatable bonds is 7. The number of benzene rings is 3. The van der Waals surface area contributed by atoms with Gasteiger partial charge in [0.25, 0.3) is 5.56 Å². The highest BCUT2D eigenvalue weighted by Crippen LogP contribution is 2.27. The highest BCUT2D eigenvalue weighted by molar-refractivity contribution is 7.99. The first-order valence-electron chi connectivity index (χ1n) is 11.2. The van der Waals surface area contributed by atoms with Crippen molar-refractivity contribution < 1.29 is 9.59 Å². The molecular formula is C27H26N4O3S. The average molecular weight is 487 g/mol. The average Bonchev–Trinajstić information content (AvgIpc) is 2.82. The van der Waals surface area contributed by atoms with Gasteiger partial charge in [-0.05, 0) is 47.9 Å². The van der Waals surface area contributed by atoms with E-state index >= 15 is 0 Å². The maximum atomic E-state index is 13.6. The second-order valence-corrected chi connectivity index (χ2v) is 9.31. The Morgan fingerprint density at radius 2 is 1.63 bits per heavy atom. The van der Waals surface area contributed by atoms with E-state index in [2.05, 4.69) is 24.5 Å². The number of nitrogens with one attached hydrogen (secondary N) is 2. The minimum atomic E-state index is -0.249. The number of thioether (sulfide) groups is 1. The third-order valence-corrected chi connectivity index (χ3v) is 6.28. The van der Waals surface area contributed by atoms with Crippen molar-refractivity contribution in [2.45, 2.75) is 31.8 Å². The maximum Gasteiger partial charge on any atom is 0.266 e. The Morgan fingerprint density at radius 1 is 0.943 bits per heavy atom. The van der Waals surface area contributed by atoms with Gasteiger partial charge in [-0.25, -0.2) is 4.98 Å². The van der Waals surface area contributed by atoms with Crippen LogP contribution in [0.3, 0.4) is 0 Å². The van der Waals surface area contributed by atoms with Crippen molar-refractivity contribution in [1.82, 2.24) is 9.55 Å². The minimum absolute atomic E-state index is 0.0546. The van der Waals surface area contributed by atoms with Crippen molar-refractivity contribution in [2.24, 2.45) is 0 Å². The molecule has 0 saturated carbocycles. The van der Waals surface area contributed by atoms with E-state index in [0.29, 0.717) is 27.4 Å². The van der Waals surface area contributed by atoms with Crippen molar-refractivity contribution in [3.8, 4) is 5.69 Å². The molecule has 178 valence electrons. The summed E-state index contributed by atoms with van der Waals surface area (Å²) in [6.45, 7) is 5.58. The smallest absolute Gasteiger partial charge is 0.266 e. The molecule has 4 rings (SSSR count). The van der Waals surface area contributed by atoms with Crippen LogP contribution in [-0.2, 0) is 9.59 Å². The van der Waals surface area contributed by atoms with Crippen molar-refractivity contribution in [2.75, 3.05) is 16.4 Å². The first kappa shape index (κ1) is 24.2. The molecule has 35 heavy (non-hydrogen) atoms. The third kappa shape index (κ3) is 5.60. The number of nitrogens with zero attached hydrogens (tertiary/aromatic N) is 2. The van der Waals surface area contributed by atoms with Gasteiger partial charge in [-0.1, -0.05) is 62.0 Å². The number of hydrogen-bond donors (Lipinski definition) is 2. The molecule has 0 unspecified atom stereocenters. The predicted octanol–water partition coefficient (Wildman–Crippen LogP) is 5.20. The van der Waals surface area contributed by atoms with Gasteiger partial charge in [0.05, 0.1) is 22.3 Å². The number of aromatic nitrogens is 2. The fourth-order valence-corrected chi connectivity index (χ4v) is 4.61. The number of amides is 2. The summed E-state index contributed by atoms with van der Waals surface area (Å²) in [5.74, 6) is -0.187. The molecule has 7 nitrogen and oxygen atoms in total. The second-order valence-electron chi connectivity index (χ2n) is 8.36. The van der Waals surface area contributed by atoms with Crippen molar-refractivity contribution in [3.63, 3.8) is 0 Å². The number of hydrogen-bond acceptors (Lipinski definition) is 5. The highest BCUT2D eigenvalue weighted by Gasteiger charge is 2.18. The van der Waals surface area contributed by atoms with Crippen molar-refractivity contribution >= 4 is 45.9 Å². The van der Waals surface area contributed by atoms with Crippen molar-refractivity contribution in [1.29, 1.82) is 0 Å². The molecule has 0 aliphatic carbocycles. The van der Waals surface area contributed by atoms with Gasteiger partial charge >= 0.3 is 0 Å². The Kier molecular flexibility index (Phi) is 7.31. The van der Waals surface area contributed by atoms with Crippen LogP contribution in [0, 0.1) is 0 Å². The summed E-state index contributed by atoms with van der Waals surface area (Å²) in [5, 5.41) is 6.51. The SMILES string of the molecule is CC(=O)Nc1cccc(NC(=O)CSc2nc3ccccc3c(=O)n2-c2ccccc2C(C)C)c1. The summed E-state index contributed by atoms with van der Waals surface area (Å²) in [6, 6.07) is 21.9. The van der Waals surface area contributed by atoms with E-state index < -0.39 is 0 Å². The third-order valence-electron chi connectivity index (χ3n) is 5.34. The first-order valence-corrected chi connectivity index (χ1v) is 12.2. The van der Waals surface area contributed by atoms with Gasteiger partial charge < -0.3 is 10.6 Å². The molecule has 2 amide bonds. The van der Waals surface area contributed by atoms with E-state index in [0.717, 1.165) is 11.3 Å². The van der Waals surface area contributed by atoms with Crippen LogP contribution >= 0.6 is 11.8 Å². The molecule has 3 aromatic carbocycles. The molecule has 0 fully saturated rings. The van der Waals surface area contributed by atoms with Crippen LogP contribution < -0.4 is 16.2 Å². The first-order chi connectivity index (χ1) is 16.8. The summed E-state index contributed by atoms with van der Waals surface area (Å²) in [6.07, 6.45) is 0. The molecule has 0 bridgehead atoms. The molecule has 0 radical (unpaired) electrons. The Bertz CT molecular complexity index is 1460.